The molecule has 33 heavy (non-hydrogen) atoms. The van der Waals surface area contributed by atoms with Gasteiger partial charge in [-0.1, -0.05) is 53.5 Å². The van der Waals surface area contributed by atoms with E-state index in [0.717, 1.165) is 24.3 Å². The molecule has 1 N–H and O–H groups in total. The number of halogens is 2. The molecule has 5 nitrogen and oxygen atoms in total. The molecule has 0 atom stereocenters. The van der Waals surface area contributed by atoms with Crippen LogP contribution in [0, 0.1) is 0 Å². The smallest absolute Gasteiger partial charge is 0.257 e. The summed E-state index contributed by atoms with van der Waals surface area (Å²) in [5, 5.41) is 3.64. The number of nitrogens with zero attached hydrogens (tertiary/aromatic N) is 2. The first kappa shape index (κ1) is 22.9. The van der Waals surface area contributed by atoms with Gasteiger partial charge in [0.1, 0.15) is 0 Å². The highest BCUT2D eigenvalue weighted by Crippen LogP contribution is 2.23. The molecule has 1 aliphatic heterocycles. The van der Waals surface area contributed by atoms with Crippen molar-refractivity contribution in [2.24, 2.45) is 0 Å². The Bertz CT molecular complexity index is 1160. The van der Waals surface area contributed by atoms with E-state index in [0.29, 0.717) is 34.4 Å². The topological polar surface area (TPSA) is 52.7 Å². The molecular weight excluding hydrogens is 457 g/mol. The van der Waals surface area contributed by atoms with Gasteiger partial charge in [-0.2, -0.15) is 0 Å². The van der Waals surface area contributed by atoms with Crippen LogP contribution in [0.25, 0.3) is 6.08 Å². The van der Waals surface area contributed by atoms with Crippen molar-refractivity contribution in [1.29, 1.82) is 0 Å². The van der Waals surface area contributed by atoms with Crippen LogP contribution < -0.4 is 10.2 Å². The second-order valence-electron chi connectivity index (χ2n) is 7.68. The molecule has 3 aromatic carbocycles. The summed E-state index contributed by atoms with van der Waals surface area (Å²) in [6.45, 7) is 2.80. The average Bonchev–Trinajstić information content (AvgIpc) is 2.85. The maximum absolute atomic E-state index is 12.5. The summed E-state index contributed by atoms with van der Waals surface area (Å²) >= 11 is 12.1. The van der Waals surface area contributed by atoms with Crippen LogP contribution in [0.1, 0.15) is 15.9 Å². The minimum atomic E-state index is -0.314. The molecule has 2 amide bonds. The van der Waals surface area contributed by atoms with Crippen LogP contribution in [0.4, 0.5) is 11.4 Å². The van der Waals surface area contributed by atoms with Crippen molar-refractivity contribution in [3.05, 3.63) is 100 Å². The van der Waals surface area contributed by atoms with Crippen LogP contribution in [0.5, 0.6) is 0 Å². The lowest BCUT2D eigenvalue weighted by molar-refractivity contribution is -0.126. The van der Waals surface area contributed by atoms with Gasteiger partial charge in [-0.05, 0) is 54.1 Å². The molecule has 3 aromatic rings. The van der Waals surface area contributed by atoms with Crippen LogP contribution in [-0.2, 0) is 4.79 Å². The Morgan fingerprint density at radius 1 is 0.848 bits per heavy atom. The monoisotopic (exact) mass is 479 g/mol. The van der Waals surface area contributed by atoms with E-state index in [1.165, 1.54) is 0 Å². The fourth-order valence-corrected chi connectivity index (χ4v) is 4.02. The Kier molecular flexibility index (Phi) is 7.33. The lowest BCUT2D eigenvalue weighted by Gasteiger charge is -2.35. The molecule has 0 aliphatic carbocycles. The maximum atomic E-state index is 12.5. The van der Waals surface area contributed by atoms with Crippen molar-refractivity contribution < 1.29 is 9.59 Å². The predicted octanol–water partition coefficient (Wildman–Crippen LogP) is 5.61. The zero-order valence-corrected chi connectivity index (χ0v) is 19.4. The first-order valence-corrected chi connectivity index (χ1v) is 11.4. The molecule has 0 spiro atoms. The second-order valence-corrected chi connectivity index (χ2v) is 8.53. The summed E-state index contributed by atoms with van der Waals surface area (Å²) in [4.78, 5) is 29.1. The Balaban J connectivity index is 1.31. The van der Waals surface area contributed by atoms with E-state index in [9.17, 15) is 9.59 Å². The molecule has 0 bridgehead atoms. The standard InChI is InChI=1S/C26H23Cl2N3O2/c27-20-7-12-24(28)23(18-20)26(33)29-21-8-10-22(11-9-21)30-14-16-31(17-15-30)25(32)13-6-19-4-2-1-3-5-19/h1-13,18H,14-17H2,(H,29,33)/b13-6+. The van der Waals surface area contributed by atoms with E-state index in [2.05, 4.69) is 10.2 Å². The number of carbonyl (C=O) groups is 2. The van der Waals surface area contributed by atoms with Crippen LogP contribution in [-0.4, -0.2) is 42.9 Å². The number of rotatable bonds is 5. The molecule has 7 heteroatoms. The number of amides is 2. The maximum Gasteiger partial charge on any atom is 0.257 e. The quantitative estimate of drug-likeness (QED) is 0.484. The largest absolute Gasteiger partial charge is 0.368 e. The summed E-state index contributed by atoms with van der Waals surface area (Å²) < 4.78 is 0. The van der Waals surface area contributed by atoms with Crippen molar-refractivity contribution in [2.45, 2.75) is 0 Å². The van der Waals surface area contributed by atoms with Crippen LogP contribution >= 0.6 is 23.2 Å². The van der Waals surface area contributed by atoms with Crippen molar-refractivity contribution in [3.63, 3.8) is 0 Å². The molecule has 0 saturated carbocycles. The highest BCUT2D eigenvalue weighted by molar-refractivity contribution is 6.36. The SMILES string of the molecule is O=C(Nc1ccc(N2CCN(C(=O)/C=C/c3ccccc3)CC2)cc1)c1cc(Cl)ccc1Cl. The summed E-state index contributed by atoms with van der Waals surface area (Å²) in [7, 11) is 0. The zero-order valence-electron chi connectivity index (χ0n) is 17.9. The van der Waals surface area contributed by atoms with Gasteiger partial charge in [0.15, 0.2) is 0 Å². The molecule has 1 saturated heterocycles. The van der Waals surface area contributed by atoms with Crippen molar-refractivity contribution >= 4 is 52.5 Å². The van der Waals surface area contributed by atoms with Gasteiger partial charge in [0.05, 0.1) is 10.6 Å². The molecule has 1 fully saturated rings. The minimum Gasteiger partial charge on any atom is -0.368 e. The van der Waals surface area contributed by atoms with E-state index < -0.39 is 0 Å². The van der Waals surface area contributed by atoms with E-state index in [-0.39, 0.29) is 11.8 Å². The summed E-state index contributed by atoms with van der Waals surface area (Å²) in [6, 6.07) is 22.2. The lowest BCUT2D eigenvalue weighted by atomic mass is 10.2. The van der Waals surface area contributed by atoms with Crippen LogP contribution in [0.15, 0.2) is 78.9 Å². The summed E-state index contributed by atoms with van der Waals surface area (Å²) in [5.41, 5.74) is 3.05. The molecular formula is C26H23Cl2N3O2. The number of anilines is 2. The van der Waals surface area contributed by atoms with E-state index in [4.69, 9.17) is 23.2 Å². The third-order valence-electron chi connectivity index (χ3n) is 5.47. The van der Waals surface area contributed by atoms with Crippen LogP contribution in [0.2, 0.25) is 10.0 Å². The van der Waals surface area contributed by atoms with Gasteiger partial charge in [0, 0.05) is 48.7 Å². The van der Waals surface area contributed by atoms with Gasteiger partial charge in [-0.3, -0.25) is 9.59 Å². The third kappa shape index (κ3) is 5.95. The fourth-order valence-electron chi connectivity index (χ4n) is 3.65. The highest BCUT2D eigenvalue weighted by Gasteiger charge is 2.20. The van der Waals surface area contributed by atoms with Crippen molar-refractivity contribution in [3.8, 4) is 0 Å². The molecule has 0 unspecified atom stereocenters. The van der Waals surface area contributed by atoms with Crippen molar-refractivity contribution in [1.82, 2.24) is 4.90 Å². The number of hydrogen-bond donors (Lipinski definition) is 1. The molecule has 1 heterocycles. The Morgan fingerprint density at radius 3 is 2.24 bits per heavy atom. The number of carbonyl (C=O) groups excluding carboxylic acids is 2. The molecule has 168 valence electrons. The van der Waals surface area contributed by atoms with Crippen LogP contribution in [0.3, 0.4) is 0 Å². The van der Waals surface area contributed by atoms with Gasteiger partial charge in [-0.25, -0.2) is 0 Å². The lowest BCUT2D eigenvalue weighted by Crippen LogP contribution is -2.48. The summed E-state index contributed by atoms with van der Waals surface area (Å²) in [6.07, 6.45) is 3.48. The number of benzene rings is 3. The van der Waals surface area contributed by atoms with Gasteiger partial charge >= 0.3 is 0 Å². The fraction of sp³-hybridized carbons (Fsp3) is 0.154. The second kappa shape index (κ2) is 10.6. The Labute approximate surface area is 203 Å². The molecule has 4 rings (SSSR count). The Hall–Kier alpha value is -3.28. The number of piperazine rings is 1. The zero-order chi connectivity index (χ0) is 23.2. The minimum absolute atomic E-state index is 0.0243. The number of nitrogens with one attached hydrogen (secondary N) is 1. The Morgan fingerprint density at radius 2 is 1.55 bits per heavy atom. The van der Waals surface area contributed by atoms with Gasteiger partial charge in [0.25, 0.3) is 5.91 Å². The third-order valence-corrected chi connectivity index (χ3v) is 6.04. The summed E-state index contributed by atoms with van der Waals surface area (Å²) in [5.74, 6) is -0.290. The van der Waals surface area contributed by atoms with Gasteiger partial charge in [0.2, 0.25) is 5.91 Å². The van der Waals surface area contributed by atoms with E-state index in [1.807, 2.05) is 65.6 Å². The first-order valence-electron chi connectivity index (χ1n) is 10.6. The molecule has 0 radical (unpaired) electrons. The molecule has 0 aromatic heterocycles. The van der Waals surface area contributed by atoms with E-state index in [1.54, 1.807) is 24.3 Å². The average molecular weight is 480 g/mol. The molecule has 1 aliphatic rings. The predicted molar refractivity (Wildman–Crippen MR) is 135 cm³/mol. The van der Waals surface area contributed by atoms with Gasteiger partial charge < -0.3 is 15.1 Å². The normalized spacial score (nSPS) is 13.9. The highest BCUT2D eigenvalue weighted by atomic mass is 35.5. The first-order chi connectivity index (χ1) is 16.0. The van der Waals surface area contributed by atoms with Gasteiger partial charge in [-0.15, -0.1) is 0 Å². The number of hydrogen-bond acceptors (Lipinski definition) is 3. The van der Waals surface area contributed by atoms with E-state index >= 15 is 0 Å². The van der Waals surface area contributed by atoms with Crippen molar-refractivity contribution in [2.75, 3.05) is 36.4 Å².